The van der Waals surface area contributed by atoms with E-state index in [2.05, 4.69) is 10.2 Å². The third-order valence-electron chi connectivity index (χ3n) is 6.60. The van der Waals surface area contributed by atoms with E-state index in [-0.39, 0.29) is 29.4 Å². The first-order valence-electron chi connectivity index (χ1n) is 10.9. The third kappa shape index (κ3) is 3.27. The number of alkyl halides is 6. The summed E-state index contributed by atoms with van der Waals surface area (Å²) < 4.78 is 85.4. The van der Waals surface area contributed by atoms with Gasteiger partial charge in [0.2, 0.25) is 0 Å². The van der Waals surface area contributed by atoms with Gasteiger partial charge in [0.25, 0.3) is 17.8 Å². The normalized spacial score (nSPS) is 25.8. The highest BCUT2D eigenvalue weighted by Gasteiger charge is 2.66. The summed E-state index contributed by atoms with van der Waals surface area (Å²) in [7, 11) is 0. The SMILES string of the molecule is Cc1nn(C(C)C)c2c1C(F)(F)CCC2(F)F.Cc1nn(C(C)C)c2c1C1CC1C2(F)F. The molecule has 0 saturated heterocycles. The maximum absolute atomic E-state index is 13.9. The highest BCUT2D eigenvalue weighted by Crippen LogP contribution is 2.67. The van der Waals surface area contributed by atoms with Crippen molar-refractivity contribution in [3.63, 3.8) is 0 Å². The average molecular weight is 462 g/mol. The van der Waals surface area contributed by atoms with Gasteiger partial charge in [-0.1, -0.05) is 0 Å². The molecule has 0 aliphatic heterocycles. The zero-order valence-corrected chi connectivity index (χ0v) is 19.0. The van der Waals surface area contributed by atoms with E-state index in [0.717, 1.165) is 15.9 Å². The molecule has 2 atom stereocenters. The van der Waals surface area contributed by atoms with Crippen LogP contribution in [-0.2, 0) is 17.8 Å². The zero-order chi connectivity index (χ0) is 24.0. The Bertz CT molecular complexity index is 1050. The van der Waals surface area contributed by atoms with E-state index >= 15 is 0 Å². The molecule has 4 nitrogen and oxygen atoms in total. The van der Waals surface area contributed by atoms with Crippen molar-refractivity contribution in [1.29, 1.82) is 0 Å². The summed E-state index contributed by atoms with van der Waals surface area (Å²) in [6.07, 6.45) is -1.01. The monoisotopic (exact) mass is 462 g/mol. The van der Waals surface area contributed by atoms with Gasteiger partial charge in [-0.2, -0.15) is 27.8 Å². The fourth-order valence-electron chi connectivity index (χ4n) is 5.07. The van der Waals surface area contributed by atoms with E-state index in [0.29, 0.717) is 6.42 Å². The lowest BCUT2D eigenvalue weighted by atomic mass is 9.89. The molecule has 10 heteroatoms. The molecule has 2 heterocycles. The minimum atomic E-state index is -3.22. The predicted octanol–water partition coefficient (Wildman–Crippen LogP) is 6.73. The van der Waals surface area contributed by atoms with Crippen LogP contribution in [0.1, 0.15) is 98.9 Å². The van der Waals surface area contributed by atoms with Crippen molar-refractivity contribution in [2.75, 3.05) is 0 Å². The molecule has 1 fully saturated rings. The number of hydrogen-bond acceptors (Lipinski definition) is 2. The molecule has 178 valence electrons. The lowest BCUT2D eigenvalue weighted by molar-refractivity contribution is -0.101. The number of halogens is 6. The van der Waals surface area contributed by atoms with Crippen LogP contribution >= 0.6 is 0 Å². The number of fused-ring (bicyclic) bond motifs is 4. The molecule has 2 unspecified atom stereocenters. The largest absolute Gasteiger partial charge is 0.293 e. The predicted molar refractivity (Wildman–Crippen MR) is 106 cm³/mol. The van der Waals surface area contributed by atoms with Crippen LogP contribution in [0.25, 0.3) is 0 Å². The zero-order valence-electron chi connectivity index (χ0n) is 19.0. The first kappa shape index (κ1) is 23.2. The van der Waals surface area contributed by atoms with Crippen LogP contribution in [0.2, 0.25) is 0 Å². The Kier molecular flexibility index (Phi) is 5.07. The Labute approximate surface area is 183 Å². The smallest absolute Gasteiger partial charge is 0.260 e. The second-order valence-corrected chi connectivity index (χ2v) is 9.71. The standard InChI is InChI=1S/C11H14F4N2.C11H14F2N2/c1-6(2)17-9-8(7(3)16-17)10(12,13)4-5-11(9,14)15;1-5(2)15-10-9(6(3)14-15)7-4-8(7)11(10,12)13/h6H,4-5H2,1-3H3;5,7-8H,4H2,1-3H3. The molecule has 0 radical (unpaired) electrons. The van der Waals surface area contributed by atoms with Gasteiger partial charge in [0.1, 0.15) is 11.4 Å². The number of aryl methyl sites for hydroxylation is 2. The van der Waals surface area contributed by atoms with Gasteiger partial charge in [-0.15, -0.1) is 0 Å². The van der Waals surface area contributed by atoms with Crippen LogP contribution < -0.4 is 0 Å². The third-order valence-corrected chi connectivity index (χ3v) is 6.60. The number of nitrogens with zero attached hydrogens (tertiary/aromatic N) is 4. The second-order valence-electron chi connectivity index (χ2n) is 9.71. The molecular formula is C22H28F6N4. The quantitative estimate of drug-likeness (QED) is 0.464. The summed E-state index contributed by atoms with van der Waals surface area (Å²) in [6, 6.07) is -0.354. The Morgan fingerprint density at radius 1 is 0.781 bits per heavy atom. The van der Waals surface area contributed by atoms with Gasteiger partial charge < -0.3 is 0 Å². The van der Waals surface area contributed by atoms with Crippen molar-refractivity contribution in [2.45, 2.75) is 96.6 Å². The Morgan fingerprint density at radius 2 is 1.28 bits per heavy atom. The first-order valence-corrected chi connectivity index (χ1v) is 10.9. The van der Waals surface area contributed by atoms with Crippen LogP contribution in [0.15, 0.2) is 0 Å². The highest BCUT2D eigenvalue weighted by atomic mass is 19.3. The molecule has 3 aliphatic carbocycles. The summed E-state index contributed by atoms with van der Waals surface area (Å²) in [5, 5.41) is 8.08. The minimum absolute atomic E-state index is 0.00178. The van der Waals surface area contributed by atoms with Gasteiger partial charge >= 0.3 is 0 Å². The van der Waals surface area contributed by atoms with E-state index in [1.165, 1.54) is 11.6 Å². The number of aromatic nitrogens is 4. The van der Waals surface area contributed by atoms with Gasteiger partial charge in [0, 0.05) is 36.4 Å². The van der Waals surface area contributed by atoms with Crippen molar-refractivity contribution in [3.8, 4) is 0 Å². The molecule has 0 amide bonds. The van der Waals surface area contributed by atoms with Crippen molar-refractivity contribution >= 4 is 0 Å². The summed E-state index contributed by atoms with van der Waals surface area (Å²) in [5.41, 5.74) is 0.625. The topological polar surface area (TPSA) is 35.6 Å². The molecule has 5 rings (SSSR count). The highest BCUT2D eigenvalue weighted by molar-refractivity contribution is 5.45. The lowest BCUT2D eigenvalue weighted by Crippen LogP contribution is -2.32. The first-order chi connectivity index (χ1) is 14.6. The molecule has 0 spiro atoms. The average Bonchev–Trinajstić information content (AvgIpc) is 3.16. The van der Waals surface area contributed by atoms with Crippen LogP contribution in [0.5, 0.6) is 0 Å². The molecule has 2 aromatic heterocycles. The van der Waals surface area contributed by atoms with Crippen LogP contribution in [0.3, 0.4) is 0 Å². The lowest BCUT2D eigenvalue weighted by Gasteiger charge is -2.30. The van der Waals surface area contributed by atoms with E-state index in [1.807, 2.05) is 20.8 Å². The summed E-state index contributed by atoms with van der Waals surface area (Å²) in [5.74, 6) is -9.42. The van der Waals surface area contributed by atoms with Crippen LogP contribution in [-0.4, -0.2) is 19.6 Å². The fourth-order valence-corrected chi connectivity index (χ4v) is 5.07. The van der Waals surface area contributed by atoms with Gasteiger partial charge in [-0.3, -0.25) is 9.36 Å². The number of rotatable bonds is 2. The van der Waals surface area contributed by atoms with Gasteiger partial charge in [-0.25, -0.2) is 8.78 Å². The summed E-state index contributed by atoms with van der Waals surface area (Å²) >= 11 is 0. The second kappa shape index (κ2) is 7.00. The van der Waals surface area contributed by atoms with E-state index < -0.39 is 47.8 Å². The molecule has 0 aromatic carbocycles. The molecule has 0 N–H and O–H groups in total. The molecule has 32 heavy (non-hydrogen) atoms. The molecule has 1 saturated carbocycles. The maximum Gasteiger partial charge on any atom is 0.293 e. The van der Waals surface area contributed by atoms with Crippen molar-refractivity contribution in [2.24, 2.45) is 5.92 Å². The van der Waals surface area contributed by atoms with E-state index in [4.69, 9.17) is 0 Å². The fraction of sp³-hybridized carbons (Fsp3) is 0.727. The minimum Gasteiger partial charge on any atom is -0.260 e. The Morgan fingerprint density at radius 3 is 1.84 bits per heavy atom. The molecule has 0 bridgehead atoms. The molecular weight excluding hydrogens is 434 g/mol. The van der Waals surface area contributed by atoms with Gasteiger partial charge in [0.05, 0.1) is 17.0 Å². The van der Waals surface area contributed by atoms with Crippen LogP contribution in [0.4, 0.5) is 26.3 Å². The van der Waals surface area contributed by atoms with E-state index in [9.17, 15) is 26.3 Å². The van der Waals surface area contributed by atoms with Gasteiger partial charge in [-0.05, 0) is 53.9 Å². The van der Waals surface area contributed by atoms with E-state index in [1.54, 1.807) is 13.8 Å². The Hall–Kier alpha value is -2.00. The van der Waals surface area contributed by atoms with Crippen LogP contribution in [0, 0.1) is 19.8 Å². The van der Waals surface area contributed by atoms with Gasteiger partial charge in [0.15, 0.2) is 0 Å². The van der Waals surface area contributed by atoms with Crippen molar-refractivity contribution < 1.29 is 26.3 Å². The number of hydrogen-bond donors (Lipinski definition) is 0. The Balaban J connectivity index is 0.000000154. The maximum atomic E-state index is 13.9. The summed E-state index contributed by atoms with van der Waals surface area (Å²) in [4.78, 5) is 0. The molecule has 3 aliphatic rings. The summed E-state index contributed by atoms with van der Waals surface area (Å²) in [6.45, 7) is 10.3. The van der Waals surface area contributed by atoms with Crippen molar-refractivity contribution in [1.82, 2.24) is 19.6 Å². The molecule has 2 aromatic rings. The van der Waals surface area contributed by atoms with Crippen molar-refractivity contribution in [3.05, 3.63) is 33.9 Å².